The highest BCUT2D eigenvalue weighted by atomic mass is 35.5. The first-order valence-electron chi connectivity index (χ1n) is 9.17. The van der Waals surface area contributed by atoms with E-state index in [9.17, 15) is 28.9 Å². The number of carbonyl (C=O) groups excluding carboxylic acids is 3. The van der Waals surface area contributed by atoms with Crippen LogP contribution >= 0.6 is 11.6 Å². The van der Waals surface area contributed by atoms with E-state index in [0.717, 1.165) is 6.07 Å². The van der Waals surface area contributed by atoms with Crippen molar-refractivity contribution in [3.63, 3.8) is 0 Å². The Bertz CT molecular complexity index is 1060. The van der Waals surface area contributed by atoms with E-state index in [1.54, 1.807) is 6.07 Å². The molecule has 1 aliphatic heterocycles. The molecule has 1 N–H and O–H groups in total. The number of para-hydroxylation sites is 1. The second kappa shape index (κ2) is 9.09. The second-order valence-corrected chi connectivity index (χ2v) is 7.25. The van der Waals surface area contributed by atoms with Gasteiger partial charge in [-0.3, -0.25) is 24.5 Å². The molecule has 0 unspecified atom stereocenters. The van der Waals surface area contributed by atoms with E-state index in [-0.39, 0.29) is 35.1 Å². The lowest BCUT2D eigenvalue weighted by Crippen LogP contribution is -2.33. The number of anilines is 2. The first-order chi connectivity index (χ1) is 14.7. The van der Waals surface area contributed by atoms with Crippen molar-refractivity contribution in [2.75, 3.05) is 16.8 Å². The van der Waals surface area contributed by atoms with Crippen molar-refractivity contribution >= 4 is 46.4 Å². The van der Waals surface area contributed by atoms with Crippen LogP contribution in [0.4, 0.5) is 21.5 Å². The van der Waals surface area contributed by atoms with Crippen LogP contribution in [0.3, 0.4) is 0 Å². The average molecular weight is 450 g/mol. The molecule has 1 heterocycles. The van der Waals surface area contributed by atoms with E-state index in [2.05, 4.69) is 5.32 Å². The van der Waals surface area contributed by atoms with Crippen LogP contribution in [0.1, 0.15) is 13.3 Å². The molecular weight excluding hydrogens is 433 g/mol. The Morgan fingerprint density at radius 1 is 1.32 bits per heavy atom. The molecular formula is C20H17ClFN3O6. The lowest BCUT2D eigenvalue weighted by atomic mass is 10.1. The summed E-state index contributed by atoms with van der Waals surface area (Å²) in [6, 6.07) is 9.22. The van der Waals surface area contributed by atoms with Crippen LogP contribution in [0.2, 0.25) is 5.02 Å². The Morgan fingerprint density at radius 2 is 2.03 bits per heavy atom. The van der Waals surface area contributed by atoms with Crippen LogP contribution in [0.5, 0.6) is 0 Å². The topological polar surface area (TPSA) is 119 Å². The van der Waals surface area contributed by atoms with Gasteiger partial charge in [0.2, 0.25) is 5.91 Å². The highest BCUT2D eigenvalue weighted by Crippen LogP contribution is 2.29. The van der Waals surface area contributed by atoms with Crippen LogP contribution in [0, 0.1) is 21.8 Å². The summed E-state index contributed by atoms with van der Waals surface area (Å²) in [5, 5.41) is 13.1. The van der Waals surface area contributed by atoms with E-state index in [4.69, 9.17) is 16.3 Å². The van der Waals surface area contributed by atoms with Gasteiger partial charge in [-0.25, -0.2) is 4.39 Å². The molecule has 0 radical (unpaired) electrons. The molecule has 0 spiro atoms. The Kier molecular flexibility index (Phi) is 6.50. The number of halogens is 2. The Hall–Kier alpha value is -3.53. The fourth-order valence-electron chi connectivity index (χ4n) is 3.05. The predicted molar refractivity (Wildman–Crippen MR) is 109 cm³/mol. The van der Waals surface area contributed by atoms with Crippen molar-refractivity contribution in [2.24, 2.45) is 5.92 Å². The number of esters is 1. The molecule has 0 saturated carbocycles. The number of nitro groups is 1. The van der Waals surface area contributed by atoms with Crippen molar-refractivity contribution in [3.05, 3.63) is 63.4 Å². The number of carbonyl (C=O) groups is 3. The fourth-order valence-corrected chi connectivity index (χ4v) is 3.27. The molecule has 162 valence electrons. The van der Waals surface area contributed by atoms with Gasteiger partial charge in [-0.05, 0) is 25.1 Å². The summed E-state index contributed by atoms with van der Waals surface area (Å²) >= 11 is 5.93. The van der Waals surface area contributed by atoms with Gasteiger partial charge in [-0.15, -0.1) is 0 Å². The predicted octanol–water partition coefficient (Wildman–Crippen LogP) is 3.31. The quantitative estimate of drug-likeness (QED) is 0.410. The molecule has 2 amide bonds. The zero-order valence-corrected chi connectivity index (χ0v) is 17.0. The number of rotatable bonds is 6. The largest absolute Gasteiger partial charge is 0.452 e. The molecule has 1 fully saturated rings. The van der Waals surface area contributed by atoms with Crippen LogP contribution in [-0.2, 0) is 19.1 Å². The molecule has 0 bridgehead atoms. The molecule has 3 rings (SSSR count). The SMILES string of the molecule is C[C@@H](OC(=O)[C@H]1CC(=O)N(c2ccccc2F)C1)C(=O)Nc1ccc([N+](=O)[O-])cc1Cl. The molecule has 1 aliphatic rings. The molecule has 1 saturated heterocycles. The third-order valence-corrected chi connectivity index (χ3v) is 5.00. The fraction of sp³-hybridized carbons (Fsp3) is 0.250. The summed E-state index contributed by atoms with van der Waals surface area (Å²) in [4.78, 5) is 48.3. The maximum absolute atomic E-state index is 14.0. The Labute approximate surface area is 180 Å². The number of amides is 2. The first-order valence-corrected chi connectivity index (χ1v) is 9.55. The van der Waals surface area contributed by atoms with E-state index in [0.29, 0.717) is 0 Å². The number of hydrogen-bond donors (Lipinski definition) is 1. The van der Waals surface area contributed by atoms with Gasteiger partial charge in [0.1, 0.15) is 5.82 Å². The lowest BCUT2D eigenvalue weighted by Gasteiger charge is -2.18. The standard InChI is InChI=1S/C20H17ClFN3O6/c1-11(19(27)23-16-7-6-13(25(29)30)9-14(16)21)31-20(28)12-8-18(26)24(10-12)17-5-3-2-4-15(17)22/h2-7,9,11-12H,8,10H2,1H3,(H,23,27)/t11-,12+/m1/s1. The highest BCUT2D eigenvalue weighted by Gasteiger charge is 2.38. The number of nitrogens with zero attached hydrogens (tertiary/aromatic N) is 2. The summed E-state index contributed by atoms with van der Waals surface area (Å²) in [7, 11) is 0. The molecule has 2 aromatic carbocycles. The summed E-state index contributed by atoms with van der Waals surface area (Å²) in [5.74, 6) is -3.35. The monoisotopic (exact) mass is 449 g/mol. The van der Waals surface area contributed by atoms with Crippen molar-refractivity contribution < 1.29 is 28.4 Å². The maximum Gasteiger partial charge on any atom is 0.312 e. The molecule has 11 heteroatoms. The molecule has 31 heavy (non-hydrogen) atoms. The zero-order valence-electron chi connectivity index (χ0n) is 16.2. The van der Waals surface area contributed by atoms with Gasteiger partial charge in [0.25, 0.3) is 11.6 Å². The minimum Gasteiger partial charge on any atom is -0.452 e. The smallest absolute Gasteiger partial charge is 0.312 e. The third-order valence-electron chi connectivity index (χ3n) is 4.69. The van der Waals surface area contributed by atoms with Gasteiger partial charge >= 0.3 is 5.97 Å². The van der Waals surface area contributed by atoms with Crippen LogP contribution in [-0.4, -0.2) is 35.4 Å². The number of non-ortho nitro benzene ring substituents is 1. The summed E-state index contributed by atoms with van der Waals surface area (Å²) in [6.45, 7) is 1.26. The van der Waals surface area contributed by atoms with Gasteiger partial charge in [0.15, 0.2) is 6.10 Å². The number of nitrogens with one attached hydrogen (secondary N) is 1. The summed E-state index contributed by atoms with van der Waals surface area (Å²) < 4.78 is 19.1. The number of hydrogen-bond acceptors (Lipinski definition) is 6. The number of ether oxygens (including phenoxy) is 1. The minimum absolute atomic E-state index is 0.0528. The molecule has 2 aromatic rings. The average Bonchev–Trinajstić information content (AvgIpc) is 3.11. The van der Waals surface area contributed by atoms with Gasteiger partial charge < -0.3 is 15.0 Å². The van der Waals surface area contributed by atoms with Gasteiger partial charge in [-0.2, -0.15) is 0 Å². The van der Waals surface area contributed by atoms with Crippen LogP contribution in [0.25, 0.3) is 0 Å². The second-order valence-electron chi connectivity index (χ2n) is 6.85. The number of nitro benzene ring substituents is 1. The molecule has 9 nitrogen and oxygen atoms in total. The Morgan fingerprint density at radius 3 is 2.68 bits per heavy atom. The van der Waals surface area contributed by atoms with Crippen molar-refractivity contribution in [3.8, 4) is 0 Å². The number of benzene rings is 2. The van der Waals surface area contributed by atoms with E-state index < -0.39 is 40.5 Å². The van der Waals surface area contributed by atoms with Crippen LogP contribution in [0.15, 0.2) is 42.5 Å². The lowest BCUT2D eigenvalue weighted by molar-refractivity contribution is -0.384. The van der Waals surface area contributed by atoms with Gasteiger partial charge in [-0.1, -0.05) is 23.7 Å². The molecule has 0 aliphatic carbocycles. The van der Waals surface area contributed by atoms with Crippen molar-refractivity contribution in [1.82, 2.24) is 0 Å². The van der Waals surface area contributed by atoms with Crippen LogP contribution < -0.4 is 10.2 Å². The first kappa shape index (κ1) is 22.2. The van der Waals surface area contributed by atoms with E-state index >= 15 is 0 Å². The highest BCUT2D eigenvalue weighted by molar-refractivity contribution is 6.34. The Balaban J connectivity index is 1.60. The zero-order chi connectivity index (χ0) is 22.7. The van der Waals surface area contributed by atoms with E-state index in [1.807, 2.05) is 0 Å². The molecule has 2 atom stereocenters. The van der Waals surface area contributed by atoms with Gasteiger partial charge in [0, 0.05) is 25.1 Å². The molecule has 0 aromatic heterocycles. The van der Waals surface area contributed by atoms with E-state index in [1.165, 1.54) is 42.2 Å². The van der Waals surface area contributed by atoms with Crippen molar-refractivity contribution in [2.45, 2.75) is 19.4 Å². The minimum atomic E-state index is -1.23. The summed E-state index contributed by atoms with van der Waals surface area (Å²) in [6.07, 6.45) is -1.40. The third kappa shape index (κ3) is 4.97. The normalized spacial score (nSPS) is 16.7. The van der Waals surface area contributed by atoms with Gasteiger partial charge in [0.05, 0.1) is 27.2 Å². The summed E-state index contributed by atoms with van der Waals surface area (Å²) in [5.41, 5.74) is -0.0591. The maximum atomic E-state index is 14.0. The van der Waals surface area contributed by atoms with Crippen molar-refractivity contribution in [1.29, 1.82) is 0 Å².